The van der Waals surface area contributed by atoms with Crippen LogP contribution in [0.15, 0.2) is 42.5 Å². The summed E-state index contributed by atoms with van der Waals surface area (Å²) in [5.74, 6) is -0.308. The number of nitrogens with one attached hydrogen (secondary N) is 1. The molecular formula is C17H15Cl2NO3. The number of aryl methyl sites for hydroxylation is 1. The minimum absolute atomic E-state index is 0.0538. The Labute approximate surface area is 144 Å². The van der Waals surface area contributed by atoms with Crippen LogP contribution in [0.3, 0.4) is 0 Å². The highest BCUT2D eigenvalue weighted by Gasteiger charge is 2.11. The number of hydrogen-bond donors (Lipinski definition) is 1. The van der Waals surface area contributed by atoms with Crippen LogP contribution in [0.4, 0.5) is 0 Å². The summed E-state index contributed by atoms with van der Waals surface area (Å²) < 4.78 is 5.24. The number of hydrogen-bond acceptors (Lipinski definition) is 3. The molecule has 0 aliphatic carbocycles. The Kier molecular flexibility index (Phi) is 6.02. The van der Waals surface area contributed by atoms with Crippen LogP contribution < -0.4 is 10.1 Å². The third-order valence-electron chi connectivity index (χ3n) is 3.09. The molecule has 0 bridgehead atoms. The van der Waals surface area contributed by atoms with E-state index in [4.69, 9.17) is 27.9 Å². The lowest BCUT2D eigenvalue weighted by Crippen LogP contribution is -2.27. The number of benzene rings is 2. The minimum Gasteiger partial charge on any atom is -0.426 e. The van der Waals surface area contributed by atoms with Gasteiger partial charge in [0.05, 0.1) is 17.0 Å². The molecule has 0 spiro atoms. The molecule has 0 aromatic heterocycles. The van der Waals surface area contributed by atoms with Crippen molar-refractivity contribution in [1.82, 2.24) is 5.32 Å². The number of ether oxygens (including phenoxy) is 1. The molecule has 0 aliphatic heterocycles. The second kappa shape index (κ2) is 7.99. The molecule has 0 saturated heterocycles. The van der Waals surface area contributed by atoms with Gasteiger partial charge in [-0.15, -0.1) is 0 Å². The van der Waals surface area contributed by atoms with Gasteiger partial charge in [0.25, 0.3) is 5.91 Å². The average molecular weight is 352 g/mol. The summed E-state index contributed by atoms with van der Waals surface area (Å²) in [4.78, 5) is 23.7. The fourth-order valence-corrected chi connectivity index (χ4v) is 2.37. The van der Waals surface area contributed by atoms with Gasteiger partial charge >= 0.3 is 5.97 Å². The highest BCUT2D eigenvalue weighted by Crippen LogP contribution is 2.22. The molecule has 0 saturated carbocycles. The van der Waals surface area contributed by atoms with Crippen LogP contribution in [0.1, 0.15) is 22.3 Å². The number of carbonyl (C=O) groups excluding carboxylic acids is 2. The van der Waals surface area contributed by atoms with Gasteiger partial charge in [0.1, 0.15) is 5.75 Å². The molecule has 0 atom stereocenters. The molecule has 4 nitrogen and oxygen atoms in total. The van der Waals surface area contributed by atoms with Crippen molar-refractivity contribution in [2.75, 3.05) is 6.54 Å². The van der Waals surface area contributed by atoms with E-state index in [9.17, 15) is 9.59 Å². The molecule has 0 fully saturated rings. The first-order valence-electron chi connectivity index (χ1n) is 6.97. The van der Waals surface area contributed by atoms with Crippen LogP contribution in [-0.4, -0.2) is 18.4 Å². The molecule has 2 aromatic rings. The van der Waals surface area contributed by atoms with Gasteiger partial charge in [-0.25, -0.2) is 0 Å². The standard InChI is InChI=1S/C17H15Cl2NO3/c1-11-10-12(18)6-7-15(11)23-16(21)8-9-20-17(22)13-4-2-3-5-14(13)19/h2-7,10H,8-9H2,1H3,(H,20,22). The van der Waals surface area contributed by atoms with Gasteiger partial charge in [-0.2, -0.15) is 0 Å². The largest absolute Gasteiger partial charge is 0.426 e. The molecule has 23 heavy (non-hydrogen) atoms. The van der Waals surface area contributed by atoms with Crippen LogP contribution in [0, 0.1) is 6.92 Å². The van der Waals surface area contributed by atoms with E-state index in [1.54, 1.807) is 49.4 Å². The van der Waals surface area contributed by atoms with Gasteiger partial charge in [0.2, 0.25) is 0 Å². The SMILES string of the molecule is Cc1cc(Cl)ccc1OC(=O)CCNC(=O)c1ccccc1Cl. The van der Waals surface area contributed by atoms with Gasteiger partial charge in [0, 0.05) is 11.6 Å². The first kappa shape index (κ1) is 17.3. The first-order valence-corrected chi connectivity index (χ1v) is 7.72. The lowest BCUT2D eigenvalue weighted by atomic mass is 10.2. The van der Waals surface area contributed by atoms with E-state index >= 15 is 0 Å². The predicted octanol–water partition coefficient (Wildman–Crippen LogP) is 4.03. The average Bonchev–Trinajstić information content (AvgIpc) is 2.50. The summed E-state index contributed by atoms with van der Waals surface area (Å²) in [5.41, 5.74) is 1.14. The van der Waals surface area contributed by atoms with Crippen molar-refractivity contribution in [3.8, 4) is 5.75 Å². The second-order valence-electron chi connectivity index (χ2n) is 4.87. The maximum Gasteiger partial charge on any atom is 0.312 e. The lowest BCUT2D eigenvalue weighted by Gasteiger charge is -2.09. The lowest BCUT2D eigenvalue weighted by molar-refractivity contribution is -0.134. The zero-order chi connectivity index (χ0) is 16.8. The summed E-state index contributed by atoms with van der Waals surface area (Å²) >= 11 is 11.8. The second-order valence-corrected chi connectivity index (χ2v) is 5.71. The van der Waals surface area contributed by atoms with Crippen molar-refractivity contribution in [1.29, 1.82) is 0 Å². The van der Waals surface area contributed by atoms with Crippen molar-refractivity contribution in [2.45, 2.75) is 13.3 Å². The van der Waals surface area contributed by atoms with E-state index in [1.165, 1.54) is 0 Å². The van der Waals surface area contributed by atoms with Crippen molar-refractivity contribution in [3.05, 3.63) is 63.6 Å². The van der Waals surface area contributed by atoms with E-state index in [-0.39, 0.29) is 18.9 Å². The predicted molar refractivity (Wildman–Crippen MR) is 90.2 cm³/mol. The van der Waals surface area contributed by atoms with E-state index in [1.807, 2.05) is 0 Å². The Hall–Kier alpha value is -2.04. The quantitative estimate of drug-likeness (QED) is 0.653. The zero-order valence-corrected chi connectivity index (χ0v) is 13.9. The van der Waals surface area contributed by atoms with Gasteiger partial charge in [-0.3, -0.25) is 9.59 Å². The highest BCUT2D eigenvalue weighted by atomic mass is 35.5. The molecule has 0 unspecified atom stereocenters. The molecule has 2 rings (SSSR count). The molecule has 0 heterocycles. The normalized spacial score (nSPS) is 10.2. The highest BCUT2D eigenvalue weighted by molar-refractivity contribution is 6.33. The summed E-state index contributed by atoms with van der Waals surface area (Å²) in [7, 11) is 0. The number of halogens is 2. The summed E-state index contributed by atoms with van der Waals surface area (Å²) in [5, 5.41) is 3.58. The molecule has 0 aliphatic rings. The van der Waals surface area contributed by atoms with Crippen LogP contribution in [0.25, 0.3) is 0 Å². The Balaban J connectivity index is 1.83. The van der Waals surface area contributed by atoms with Gasteiger partial charge in [0.15, 0.2) is 0 Å². The molecular weight excluding hydrogens is 337 g/mol. The molecule has 2 aromatic carbocycles. The zero-order valence-electron chi connectivity index (χ0n) is 12.4. The summed E-state index contributed by atoms with van der Waals surface area (Å²) in [6.45, 7) is 1.96. The molecule has 120 valence electrons. The minimum atomic E-state index is -0.435. The van der Waals surface area contributed by atoms with Gasteiger partial charge < -0.3 is 10.1 Å². The smallest absolute Gasteiger partial charge is 0.312 e. The Morgan fingerprint density at radius 2 is 1.87 bits per heavy atom. The maximum absolute atomic E-state index is 11.9. The van der Waals surface area contributed by atoms with Crippen molar-refractivity contribution in [3.63, 3.8) is 0 Å². The van der Waals surface area contributed by atoms with Crippen LogP contribution in [-0.2, 0) is 4.79 Å². The monoisotopic (exact) mass is 351 g/mol. The van der Waals surface area contributed by atoms with Crippen LogP contribution >= 0.6 is 23.2 Å². The maximum atomic E-state index is 11.9. The Morgan fingerprint density at radius 3 is 2.57 bits per heavy atom. The number of carbonyl (C=O) groups is 2. The van der Waals surface area contributed by atoms with Crippen molar-refractivity contribution < 1.29 is 14.3 Å². The first-order chi connectivity index (χ1) is 11.0. The third-order valence-corrected chi connectivity index (χ3v) is 3.66. The number of amides is 1. The van der Waals surface area contributed by atoms with Crippen LogP contribution in [0.2, 0.25) is 10.0 Å². The molecule has 1 N–H and O–H groups in total. The molecule has 1 amide bonds. The van der Waals surface area contributed by atoms with E-state index in [0.717, 1.165) is 5.56 Å². The van der Waals surface area contributed by atoms with Gasteiger partial charge in [-0.05, 0) is 42.8 Å². The van der Waals surface area contributed by atoms with E-state index in [2.05, 4.69) is 5.32 Å². The van der Waals surface area contributed by atoms with Crippen molar-refractivity contribution in [2.24, 2.45) is 0 Å². The van der Waals surface area contributed by atoms with Gasteiger partial charge in [-0.1, -0.05) is 35.3 Å². The summed E-state index contributed by atoms with van der Waals surface area (Å²) in [6.07, 6.45) is 0.0538. The Bertz CT molecular complexity index is 732. The topological polar surface area (TPSA) is 55.4 Å². The van der Waals surface area contributed by atoms with E-state index in [0.29, 0.717) is 21.4 Å². The fourth-order valence-electron chi connectivity index (χ4n) is 1.92. The van der Waals surface area contributed by atoms with Crippen molar-refractivity contribution >= 4 is 35.1 Å². The number of rotatable bonds is 5. The molecule has 6 heteroatoms. The Morgan fingerprint density at radius 1 is 1.13 bits per heavy atom. The summed E-state index contributed by atoms with van der Waals surface area (Å²) in [6, 6.07) is 11.7. The fraction of sp³-hybridized carbons (Fsp3) is 0.176. The van der Waals surface area contributed by atoms with Crippen LogP contribution in [0.5, 0.6) is 5.75 Å². The van der Waals surface area contributed by atoms with E-state index < -0.39 is 5.97 Å². The number of esters is 1. The molecule has 0 radical (unpaired) electrons. The third kappa shape index (κ3) is 4.98.